The molecule has 0 N–H and O–H groups in total. The lowest BCUT2D eigenvalue weighted by atomic mass is 9.91. The Labute approximate surface area is 76.8 Å². The maximum atomic E-state index is 13.0. The number of halogens is 1. The van der Waals surface area contributed by atoms with Crippen molar-refractivity contribution in [2.24, 2.45) is 0 Å². The lowest BCUT2D eigenvalue weighted by Crippen LogP contribution is -2.14. The molecule has 0 aliphatic carbocycles. The monoisotopic (exact) mass is 181 g/mol. The predicted molar refractivity (Wildman–Crippen MR) is 48.3 cm³/mol. The maximum absolute atomic E-state index is 13.0. The molecule has 0 aliphatic heterocycles. The molecular formula is C10H12FNO. The number of hydrogen-bond acceptors (Lipinski definition) is 2. The van der Waals surface area contributed by atoms with E-state index in [0.717, 1.165) is 0 Å². The number of carbonyl (C=O) groups excluding carboxylic acids is 1. The van der Waals surface area contributed by atoms with Gasteiger partial charge < -0.3 is 0 Å². The van der Waals surface area contributed by atoms with Crippen molar-refractivity contribution in [3.05, 3.63) is 29.3 Å². The smallest absolute Gasteiger partial charge is 0.223 e. The Morgan fingerprint density at radius 2 is 2.00 bits per heavy atom. The highest BCUT2D eigenvalue weighted by molar-refractivity contribution is 5.74. The Morgan fingerprint density at radius 3 is 2.38 bits per heavy atom. The lowest BCUT2D eigenvalue weighted by Gasteiger charge is -2.17. The van der Waals surface area contributed by atoms with Crippen molar-refractivity contribution in [1.29, 1.82) is 0 Å². The Bertz CT molecular complexity index is 328. The van der Waals surface area contributed by atoms with Gasteiger partial charge in [-0.3, -0.25) is 4.79 Å². The summed E-state index contributed by atoms with van der Waals surface area (Å²) >= 11 is 0. The molecule has 0 saturated carbocycles. The Balaban J connectivity index is 3.17. The summed E-state index contributed by atoms with van der Waals surface area (Å²) in [7, 11) is 0. The average Bonchev–Trinajstić information content (AvgIpc) is 2.02. The van der Waals surface area contributed by atoms with Crippen LogP contribution in [0.25, 0.3) is 0 Å². The number of hydrogen-bond donors (Lipinski definition) is 0. The van der Waals surface area contributed by atoms with E-state index in [4.69, 9.17) is 0 Å². The van der Waals surface area contributed by atoms with Crippen LogP contribution in [0, 0.1) is 5.95 Å². The molecule has 1 aromatic heterocycles. The van der Waals surface area contributed by atoms with Gasteiger partial charge in [0, 0.05) is 11.1 Å². The first kappa shape index (κ1) is 9.84. The highest BCUT2D eigenvalue weighted by atomic mass is 19.1. The van der Waals surface area contributed by atoms with E-state index in [9.17, 15) is 9.18 Å². The normalized spacial score (nSPS) is 11.4. The fourth-order valence-electron chi connectivity index (χ4n) is 0.951. The molecule has 1 heterocycles. The van der Waals surface area contributed by atoms with E-state index in [1.165, 1.54) is 6.07 Å². The largest absolute Gasteiger partial charge is 0.298 e. The molecule has 0 aromatic carbocycles. The van der Waals surface area contributed by atoms with Crippen LogP contribution in [0.3, 0.4) is 0 Å². The number of carbonyl (C=O) groups is 1. The molecule has 0 fully saturated rings. The molecule has 0 atom stereocenters. The van der Waals surface area contributed by atoms with Crippen molar-refractivity contribution in [1.82, 2.24) is 4.98 Å². The molecule has 0 radical (unpaired) electrons. The van der Waals surface area contributed by atoms with Crippen molar-refractivity contribution in [3.63, 3.8) is 0 Å². The van der Waals surface area contributed by atoms with Crippen LogP contribution in [-0.4, -0.2) is 11.3 Å². The fourth-order valence-corrected chi connectivity index (χ4v) is 0.951. The Hall–Kier alpha value is -1.25. The van der Waals surface area contributed by atoms with Crippen LogP contribution < -0.4 is 0 Å². The molecule has 0 spiro atoms. The number of pyridine rings is 1. The summed E-state index contributed by atoms with van der Waals surface area (Å²) in [5.41, 5.74) is 0.464. The summed E-state index contributed by atoms with van der Waals surface area (Å²) in [6.07, 6.45) is 0.467. The molecule has 1 aromatic rings. The van der Waals surface area contributed by atoms with Crippen molar-refractivity contribution in [2.45, 2.75) is 26.2 Å². The van der Waals surface area contributed by atoms with E-state index in [-0.39, 0.29) is 11.0 Å². The van der Waals surface area contributed by atoms with Crippen LogP contribution in [0.1, 0.15) is 36.8 Å². The van der Waals surface area contributed by atoms with Gasteiger partial charge in [0.25, 0.3) is 0 Å². The van der Waals surface area contributed by atoms with Gasteiger partial charge in [-0.25, -0.2) is 4.98 Å². The number of aromatic nitrogens is 1. The summed E-state index contributed by atoms with van der Waals surface area (Å²) in [5.74, 6) is -0.692. The third-order valence-electron chi connectivity index (χ3n) is 1.77. The van der Waals surface area contributed by atoms with Gasteiger partial charge in [0.05, 0.1) is 5.56 Å². The predicted octanol–water partition coefficient (Wildman–Crippen LogP) is 2.33. The summed E-state index contributed by atoms with van der Waals surface area (Å²) in [6.45, 7) is 5.82. The standard InChI is InChI=1S/C10H12FNO/c1-10(2,3)8-5-4-7(6-13)9(11)12-8/h4-6H,1-3H3. The van der Waals surface area contributed by atoms with E-state index >= 15 is 0 Å². The van der Waals surface area contributed by atoms with E-state index in [1.807, 2.05) is 20.8 Å². The van der Waals surface area contributed by atoms with Crippen molar-refractivity contribution in [3.8, 4) is 0 Å². The minimum Gasteiger partial charge on any atom is -0.298 e. The molecule has 3 heteroatoms. The highest BCUT2D eigenvalue weighted by Crippen LogP contribution is 2.20. The molecule has 0 bridgehead atoms. The maximum Gasteiger partial charge on any atom is 0.223 e. The summed E-state index contributed by atoms with van der Waals surface area (Å²) < 4.78 is 13.0. The van der Waals surface area contributed by atoms with E-state index in [0.29, 0.717) is 12.0 Å². The van der Waals surface area contributed by atoms with Gasteiger partial charge in [-0.1, -0.05) is 20.8 Å². The Morgan fingerprint density at radius 1 is 1.38 bits per heavy atom. The second-order valence-corrected chi connectivity index (χ2v) is 3.94. The van der Waals surface area contributed by atoms with Gasteiger partial charge in [0.15, 0.2) is 6.29 Å². The molecule has 0 aliphatic rings. The van der Waals surface area contributed by atoms with Crippen molar-refractivity contribution < 1.29 is 9.18 Å². The van der Waals surface area contributed by atoms with Crippen molar-refractivity contribution >= 4 is 6.29 Å². The molecule has 0 amide bonds. The van der Waals surface area contributed by atoms with Crippen LogP contribution in [0.2, 0.25) is 0 Å². The zero-order valence-electron chi connectivity index (χ0n) is 7.97. The first-order valence-corrected chi connectivity index (χ1v) is 4.07. The number of rotatable bonds is 1. The highest BCUT2D eigenvalue weighted by Gasteiger charge is 2.16. The summed E-state index contributed by atoms with van der Waals surface area (Å²) in [6, 6.07) is 3.13. The summed E-state index contributed by atoms with van der Waals surface area (Å²) in [4.78, 5) is 14.0. The minimum absolute atomic E-state index is 0.00741. The minimum atomic E-state index is -0.692. The van der Waals surface area contributed by atoms with Gasteiger partial charge in [0.2, 0.25) is 5.95 Å². The second kappa shape index (κ2) is 3.24. The topological polar surface area (TPSA) is 30.0 Å². The third-order valence-corrected chi connectivity index (χ3v) is 1.77. The van der Waals surface area contributed by atoms with Crippen LogP contribution in [0.5, 0.6) is 0 Å². The van der Waals surface area contributed by atoms with Crippen LogP contribution in [0.4, 0.5) is 4.39 Å². The zero-order chi connectivity index (χ0) is 10.1. The van der Waals surface area contributed by atoms with E-state index < -0.39 is 5.95 Å². The molecule has 2 nitrogen and oxygen atoms in total. The second-order valence-electron chi connectivity index (χ2n) is 3.94. The molecule has 1 rings (SSSR count). The number of aldehydes is 1. The Kier molecular flexibility index (Phi) is 2.45. The molecule has 0 saturated heterocycles. The quantitative estimate of drug-likeness (QED) is 0.491. The number of nitrogens with zero attached hydrogens (tertiary/aromatic N) is 1. The fraction of sp³-hybridized carbons (Fsp3) is 0.400. The van der Waals surface area contributed by atoms with Crippen LogP contribution in [-0.2, 0) is 5.41 Å². The SMILES string of the molecule is CC(C)(C)c1ccc(C=O)c(F)n1. The van der Waals surface area contributed by atoms with E-state index in [2.05, 4.69) is 4.98 Å². The molecule has 0 unspecified atom stereocenters. The van der Waals surface area contributed by atoms with Crippen LogP contribution >= 0.6 is 0 Å². The van der Waals surface area contributed by atoms with E-state index in [1.54, 1.807) is 6.07 Å². The first-order valence-electron chi connectivity index (χ1n) is 4.07. The molecule has 13 heavy (non-hydrogen) atoms. The molecular weight excluding hydrogens is 169 g/mol. The van der Waals surface area contributed by atoms with Gasteiger partial charge >= 0.3 is 0 Å². The van der Waals surface area contributed by atoms with Crippen LogP contribution in [0.15, 0.2) is 12.1 Å². The summed E-state index contributed by atoms with van der Waals surface area (Å²) in [5, 5.41) is 0. The van der Waals surface area contributed by atoms with Crippen molar-refractivity contribution in [2.75, 3.05) is 0 Å². The first-order chi connectivity index (χ1) is 5.95. The third kappa shape index (κ3) is 2.11. The molecule has 70 valence electrons. The van der Waals surface area contributed by atoms with Gasteiger partial charge in [-0.15, -0.1) is 0 Å². The zero-order valence-corrected chi connectivity index (χ0v) is 7.97. The van der Waals surface area contributed by atoms with Gasteiger partial charge in [0.1, 0.15) is 0 Å². The average molecular weight is 181 g/mol. The lowest BCUT2D eigenvalue weighted by molar-refractivity contribution is 0.111. The van der Waals surface area contributed by atoms with Gasteiger partial charge in [-0.05, 0) is 12.1 Å². The van der Waals surface area contributed by atoms with Gasteiger partial charge in [-0.2, -0.15) is 4.39 Å².